The highest BCUT2D eigenvalue weighted by atomic mass is 16.4. The van der Waals surface area contributed by atoms with Crippen molar-refractivity contribution in [3.05, 3.63) is 17.8 Å². The number of hydrogen-bond acceptors (Lipinski definition) is 5. The number of nitrogens with zero attached hydrogens (tertiary/aromatic N) is 3. The zero-order chi connectivity index (χ0) is 16.1. The SMILES string of the molecule is CN(C)c1ncc(B(O)O)cc1C(=O)N(C)C12CCC(C1)C2. The standard InChI is InChI=1S/C15H22BN3O3/c1-18(2)13-12(6-11(9-17-13)16(21)22)14(20)19(3)15-5-4-10(7-15)8-15/h6,9-10,21-22H,4-5,7-8H2,1-3H3. The van der Waals surface area contributed by atoms with Crippen LogP contribution >= 0.6 is 0 Å². The monoisotopic (exact) mass is 303 g/mol. The van der Waals surface area contributed by atoms with Crippen molar-refractivity contribution in [1.82, 2.24) is 9.88 Å². The molecule has 0 saturated heterocycles. The molecule has 0 aromatic carbocycles. The average Bonchev–Trinajstić information content (AvgIpc) is 3.05. The molecule has 6 nitrogen and oxygen atoms in total. The molecule has 2 bridgehead atoms. The van der Waals surface area contributed by atoms with Crippen LogP contribution in [-0.2, 0) is 0 Å². The van der Waals surface area contributed by atoms with Crippen molar-refractivity contribution < 1.29 is 14.8 Å². The summed E-state index contributed by atoms with van der Waals surface area (Å²) < 4.78 is 0. The molecule has 1 aromatic rings. The third kappa shape index (κ3) is 2.28. The highest BCUT2D eigenvalue weighted by molar-refractivity contribution is 6.58. The maximum atomic E-state index is 13.0. The van der Waals surface area contributed by atoms with Crippen LogP contribution in [0.1, 0.15) is 36.0 Å². The number of fused-ring (bicyclic) bond motifs is 1. The number of pyridine rings is 1. The summed E-state index contributed by atoms with van der Waals surface area (Å²) in [6, 6.07) is 1.54. The normalized spacial score (nSPS) is 25.6. The molecule has 118 valence electrons. The van der Waals surface area contributed by atoms with Gasteiger partial charge < -0.3 is 19.8 Å². The fourth-order valence-electron chi connectivity index (χ4n) is 3.86. The molecule has 4 rings (SSSR count). The van der Waals surface area contributed by atoms with Gasteiger partial charge in [0.05, 0.1) is 5.56 Å². The van der Waals surface area contributed by atoms with Gasteiger partial charge in [-0.1, -0.05) is 0 Å². The van der Waals surface area contributed by atoms with Gasteiger partial charge in [-0.05, 0) is 37.7 Å². The fraction of sp³-hybridized carbons (Fsp3) is 0.600. The van der Waals surface area contributed by atoms with Gasteiger partial charge >= 0.3 is 7.12 Å². The van der Waals surface area contributed by atoms with Crippen LogP contribution in [0.5, 0.6) is 0 Å². The van der Waals surface area contributed by atoms with Gasteiger partial charge in [-0.25, -0.2) is 4.98 Å². The molecule has 0 atom stereocenters. The van der Waals surface area contributed by atoms with Crippen LogP contribution in [-0.4, -0.2) is 59.6 Å². The van der Waals surface area contributed by atoms with E-state index in [-0.39, 0.29) is 16.9 Å². The number of carbonyl (C=O) groups excluding carboxylic acids is 1. The molecule has 0 unspecified atom stereocenters. The van der Waals surface area contributed by atoms with Crippen molar-refractivity contribution in [3.8, 4) is 0 Å². The first kappa shape index (κ1) is 15.3. The molecule has 1 amide bonds. The molecule has 0 radical (unpaired) electrons. The summed E-state index contributed by atoms with van der Waals surface area (Å²) in [5, 5.41) is 18.7. The number of hydrogen-bond donors (Lipinski definition) is 2. The zero-order valence-corrected chi connectivity index (χ0v) is 13.3. The van der Waals surface area contributed by atoms with Crippen molar-refractivity contribution in [2.45, 2.75) is 31.2 Å². The summed E-state index contributed by atoms with van der Waals surface area (Å²) in [5.41, 5.74) is 0.652. The van der Waals surface area contributed by atoms with E-state index in [0.29, 0.717) is 11.4 Å². The second-order valence-corrected chi connectivity index (χ2v) is 6.81. The average molecular weight is 303 g/mol. The summed E-state index contributed by atoms with van der Waals surface area (Å²) in [6.45, 7) is 0. The Morgan fingerprint density at radius 3 is 2.55 bits per heavy atom. The Hall–Kier alpha value is -1.60. The first-order valence-corrected chi connectivity index (χ1v) is 7.65. The lowest BCUT2D eigenvalue weighted by atomic mass is 9.75. The summed E-state index contributed by atoms with van der Waals surface area (Å²) >= 11 is 0. The molecule has 22 heavy (non-hydrogen) atoms. The molecule has 1 aromatic heterocycles. The summed E-state index contributed by atoms with van der Waals surface area (Å²) in [5.74, 6) is 1.22. The van der Waals surface area contributed by atoms with Crippen molar-refractivity contribution in [3.63, 3.8) is 0 Å². The molecule has 0 spiro atoms. The van der Waals surface area contributed by atoms with Gasteiger partial charge in [-0.3, -0.25) is 4.79 Å². The molecule has 1 heterocycles. The van der Waals surface area contributed by atoms with E-state index in [0.717, 1.165) is 25.2 Å². The fourth-order valence-corrected chi connectivity index (χ4v) is 3.86. The Labute approximate surface area is 130 Å². The molecule has 3 aliphatic rings. The Kier molecular flexibility index (Phi) is 3.65. The highest BCUT2D eigenvalue weighted by Gasteiger charge is 2.54. The van der Waals surface area contributed by atoms with Crippen LogP contribution in [0, 0.1) is 5.92 Å². The Bertz CT molecular complexity index is 594. The van der Waals surface area contributed by atoms with E-state index in [9.17, 15) is 14.8 Å². The highest BCUT2D eigenvalue weighted by Crippen LogP contribution is 2.55. The number of rotatable bonds is 4. The minimum Gasteiger partial charge on any atom is -0.423 e. The minimum atomic E-state index is -1.63. The van der Waals surface area contributed by atoms with Crippen LogP contribution in [0.4, 0.5) is 5.82 Å². The van der Waals surface area contributed by atoms with Crippen molar-refractivity contribution in [2.24, 2.45) is 5.92 Å². The Balaban J connectivity index is 1.94. The lowest BCUT2D eigenvalue weighted by molar-refractivity contribution is 0.0337. The molecule has 0 aliphatic heterocycles. The van der Waals surface area contributed by atoms with Crippen molar-refractivity contribution in [1.29, 1.82) is 0 Å². The predicted octanol–water partition coefficient (Wildman–Crippen LogP) is -0.158. The second-order valence-electron chi connectivity index (χ2n) is 6.81. The van der Waals surface area contributed by atoms with Crippen LogP contribution in [0.25, 0.3) is 0 Å². The first-order valence-electron chi connectivity index (χ1n) is 7.65. The van der Waals surface area contributed by atoms with Crippen LogP contribution in [0.3, 0.4) is 0 Å². The van der Waals surface area contributed by atoms with Gasteiger partial charge in [0.1, 0.15) is 5.82 Å². The Morgan fingerprint density at radius 2 is 2.05 bits per heavy atom. The minimum absolute atomic E-state index is 0.000825. The van der Waals surface area contributed by atoms with Crippen molar-refractivity contribution >= 4 is 24.3 Å². The number of carbonyl (C=O) groups is 1. The summed E-state index contributed by atoms with van der Waals surface area (Å²) in [7, 11) is 3.87. The topological polar surface area (TPSA) is 76.9 Å². The van der Waals surface area contributed by atoms with Gasteiger partial charge in [0.15, 0.2) is 0 Å². The van der Waals surface area contributed by atoms with Gasteiger partial charge in [-0.15, -0.1) is 0 Å². The molecule has 7 heteroatoms. The van der Waals surface area contributed by atoms with Crippen LogP contribution < -0.4 is 10.4 Å². The van der Waals surface area contributed by atoms with E-state index in [1.165, 1.54) is 18.7 Å². The van der Waals surface area contributed by atoms with E-state index in [4.69, 9.17) is 0 Å². The smallest absolute Gasteiger partial charge is 0.423 e. The largest absolute Gasteiger partial charge is 0.490 e. The number of anilines is 1. The molecular formula is C15H22BN3O3. The van der Waals surface area contributed by atoms with E-state index in [2.05, 4.69) is 4.98 Å². The van der Waals surface area contributed by atoms with Gasteiger partial charge in [-0.2, -0.15) is 0 Å². The van der Waals surface area contributed by atoms with E-state index < -0.39 is 7.12 Å². The van der Waals surface area contributed by atoms with Gasteiger partial charge in [0, 0.05) is 38.3 Å². The summed E-state index contributed by atoms with van der Waals surface area (Å²) in [6.07, 6.45) is 5.83. The van der Waals surface area contributed by atoms with E-state index in [1.807, 2.05) is 26.0 Å². The van der Waals surface area contributed by atoms with Gasteiger partial charge in [0.25, 0.3) is 5.91 Å². The molecule has 3 fully saturated rings. The lowest BCUT2D eigenvalue weighted by Gasteiger charge is -2.46. The third-order valence-corrected chi connectivity index (χ3v) is 5.21. The molecular weight excluding hydrogens is 281 g/mol. The van der Waals surface area contributed by atoms with E-state index >= 15 is 0 Å². The zero-order valence-electron chi connectivity index (χ0n) is 13.3. The second kappa shape index (κ2) is 5.24. The van der Waals surface area contributed by atoms with Crippen LogP contribution in [0.15, 0.2) is 12.3 Å². The maximum Gasteiger partial charge on any atom is 0.490 e. The summed E-state index contributed by atoms with van der Waals surface area (Å²) in [4.78, 5) is 20.8. The van der Waals surface area contributed by atoms with E-state index in [1.54, 1.807) is 4.90 Å². The number of amides is 1. The first-order chi connectivity index (χ1) is 10.3. The molecule has 2 N–H and O–H groups in total. The maximum absolute atomic E-state index is 13.0. The third-order valence-electron chi connectivity index (χ3n) is 5.21. The van der Waals surface area contributed by atoms with Crippen molar-refractivity contribution in [2.75, 3.05) is 26.0 Å². The molecule has 3 saturated carbocycles. The molecule has 3 aliphatic carbocycles. The van der Waals surface area contributed by atoms with Crippen LogP contribution in [0.2, 0.25) is 0 Å². The number of aromatic nitrogens is 1. The lowest BCUT2D eigenvalue weighted by Crippen LogP contribution is -2.53. The predicted molar refractivity (Wildman–Crippen MR) is 85.2 cm³/mol. The Morgan fingerprint density at radius 1 is 1.36 bits per heavy atom. The quantitative estimate of drug-likeness (QED) is 0.756. The van der Waals surface area contributed by atoms with Gasteiger partial charge in [0.2, 0.25) is 0 Å².